The van der Waals surface area contributed by atoms with Crippen LogP contribution in [0.1, 0.15) is 17.3 Å². The van der Waals surface area contributed by atoms with Crippen LogP contribution in [0.15, 0.2) is 24.3 Å². The second-order valence-corrected chi connectivity index (χ2v) is 6.33. The van der Waals surface area contributed by atoms with Gasteiger partial charge >= 0.3 is 0 Å². The number of amides is 2. The maximum Gasteiger partial charge on any atom is 0.253 e. The predicted molar refractivity (Wildman–Crippen MR) is 91.7 cm³/mol. The highest BCUT2D eigenvalue weighted by Crippen LogP contribution is 2.19. The van der Waals surface area contributed by atoms with E-state index in [-0.39, 0.29) is 36.0 Å². The van der Waals surface area contributed by atoms with E-state index in [1.165, 1.54) is 24.3 Å². The Morgan fingerprint density at radius 2 is 1.62 bits per heavy atom. The van der Waals surface area contributed by atoms with Gasteiger partial charge in [-0.1, -0.05) is 6.92 Å². The van der Waals surface area contributed by atoms with Crippen molar-refractivity contribution in [2.24, 2.45) is 11.8 Å². The van der Waals surface area contributed by atoms with Crippen molar-refractivity contribution in [3.8, 4) is 0 Å². The van der Waals surface area contributed by atoms with Crippen LogP contribution in [0.2, 0.25) is 0 Å². The van der Waals surface area contributed by atoms with Crippen molar-refractivity contribution in [1.82, 2.24) is 15.1 Å². The molecule has 2 fully saturated rings. The van der Waals surface area contributed by atoms with Crippen molar-refractivity contribution in [2.45, 2.75) is 6.92 Å². The van der Waals surface area contributed by atoms with Crippen molar-refractivity contribution in [1.29, 1.82) is 0 Å². The van der Waals surface area contributed by atoms with Gasteiger partial charge in [0.1, 0.15) is 5.82 Å². The molecule has 0 saturated carbocycles. The third-order valence-electron chi connectivity index (χ3n) is 4.88. The quantitative estimate of drug-likeness (QED) is 0.891. The van der Waals surface area contributed by atoms with Crippen LogP contribution in [0.5, 0.6) is 0 Å². The van der Waals surface area contributed by atoms with Gasteiger partial charge in [0.2, 0.25) is 5.91 Å². The summed E-state index contributed by atoms with van der Waals surface area (Å²) in [6.07, 6.45) is 0. The summed E-state index contributed by atoms with van der Waals surface area (Å²) in [6, 6.07) is 5.59. The third kappa shape index (κ3) is 3.87. The third-order valence-corrected chi connectivity index (χ3v) is 4.88. The van der Waals surface area contributed by atoms with Crippen molar-refractivity contribution in [3.05, 3.63) is 35.6 Å². The van der Waals surface area contributed by atoms with E-state index in [0.29, 0.717) is 37.7 Å². The molecule has 1 aromatic carbocycles. The molecule has 2 amide bonds. The number of piperazine rings is 1. The molecule has 0 aromatic heterocycles. The second-order valence-electron chi connectivity index (χ2n) is 6.33. The van der Waals surface area contributed by atoms with Crippen LogP contribution in [0.4, 0.5) is 4.39 Å². The molecule has 0 bridgehead atoms. The van der Waals surface area contributed by atoms with E-state index in [9.17, 15) is 14.0 Å². The largest absolute Gasteiger partial charge is 0.339 e. The van der Waals surface area contributed by atoms with Gasteiger partial charge in [-0.2, -0.15) is 0 Å². The van der Waals surface area contributed by atoms with Gasteiger partial charge in [0.25, 0.3) is 5.91 Å². The molecule has 1 atom stereocenters. The van der Waals surface area contributed by atoms with Gasteiger partial charge in [-0.25, -0.2) is 4.39 Å². The number of carbonyl (C=O) groups excluding carboxylic acids is 2. The lowest BCUT2D eigenvalue weighted by Gasteiger charge is -2.39. The lowest BCUT2D eigenvalue weighted by Crippen LogP contribution is -2.55. The summed E-state index contributed by atoms with van der Waals surface area (Å²) in [6.45, 7) is 6.00. The molecule has 2 aliphatic heterocycles. The van der Waals surface area contributed by atoms with E-state index in [1.807, 2.05) is 11.8 Å². The Hall–Kier alpha value is -1.66. The van der Waals surface area contributed by atoms with Gasteiger partial charge in [0.15, 0.2) is 0 Å². The first kappa shape index (κ1) is 18.7. The van der Waals surface area contributed by atoms with Crippen LogP contribution in [0.3, 0.4) is 0 Å². The number of rotatable bonds is 3. The molecule has 1 aromatic rings. The van der Waals surface area contributed by atoms with Crippen LogP contribution >= 0.6 is 12.4 Å². The molecule has 7 heteroatoms. The Bertz CT molecular complexity index is 584. The van der Waals surface area contributed by atoms with Crippen molar-refractivity contribution in [3.63, 3.8) is 0 Å². The van der Waals surface area contributed by atoms with E-state index < -0.39 is 0 Å². The smallest absolute Gasteiger partial charge is 0.253 e. The summed E-state index contributed by atoms with van der Waals surface area (Å²) in [4.78, 5) is 28.4. The molecule has 5 nitrogen and oxygen atoms in total. The first-order valence-corrected chi connectivity index (χ1v) is 8.10. The summed E-state index contributed by atoms with van der Waals surface area (Å²) in [7, 11) is 0. The summed E-state index contributed by atoms with van der Waals surface area (Å²) in [5.74, 6) is 0.201. The van der Waals surface area contributed by atoms with E-state index in [2.05, 4.69) is 5.32 Å². The maximum absolute atomic E-state index is 12.9. The average Bonchev–Trinajstić information content (AvgIpc) is 2.53. The predicted octanol–water partition coefficient (Wildman–Crippen LogP) is 1.39. The Kier molecular flexibility index (Phi) is 6.18. The SMILES string of the molecule is CC(C(=O)N1CCN(C(=O)c2ccc(F)cc2)CC1)C1CNC1.Cl. The second kappa shape index (κ2) is 7.94. The summed E-state index contributed by atoms with van der Waals surface area (Å²) in [5, 5.41) is 3.19. The summed E-state index contributed by atoms with van der Waals surface area (Å²) >= 11 is 0. The minimum Gasteiger partial charge on any atom is -0.339 e. The number of halogens is 2. The molecule has 0 spiro atoms. The molecule has 132 valence electrons. The van der Waals surface area contributed by atoms with Gasteiger partial charge < -0.3 is 15.1 Å². The van der Waals surface area contributed by atoms with Crippen LogP contribution in [0.25, 0.3) is 0 Å². The number of carbonyl (C=O) groups is 2. The molecule has 2 heterocycles. The van der Waals surface area contributed by atoms with Crippen molar-refractivity contribution >= 4 is 24.2 Å². The molecule has 24 heavy (non-hydrogen) atoms. The first-order valence-electron chi connectivity index (χ1n) is 8.10. The van der Waals surface area contributed by atoms with Crippen molar-refractivity contribution in [2.75, 3.05) is 39.3 Å². The minimum atomic E-state index is -0.351. The van der Waals surface area contributed by atoms with E-state index >= 15 is 0 Å². The summed E-state index contributed by atoms with van der Waals surface area (Å²) in [5.41, 5.74) is 0.486. The lowest BCUT2D eigenvalue weighted by atomic mass is 9.88. The number of benzene rings is 1. The minimum absolute atomic E-state index is 0. The fourth-order valence-corrected chi connectivity index (χ4v) is 3.06. The highest BCUT2D eigenvalue weighted by atomic mass is 35.5. The van der Waals surface area contributed by atoms with Crippen LogP contribution in [-0.2, 0) is 4.79 Å². The fourth-order valence-electron chi connectivity index (χ4n) is 3.06. The zero-order valence-electron chi connectivity index (χ0n) is 13.7. The summed E-state index contributed by atoms with van der Waals surface area (Å²) < 4.78 is 12.9. The zero-order chi connectivity index (χ0) is 16.4. The van der Waals surface area contributed by atoms with Gasteiger partial charge in [-0.3, -0.25) is 9.59 Å². The standard InChI is InChI=1S/C17H22FN3O2.ClH/c1-12(14-10-19-11-14)16(22)20-6-8-21(9-7-20)17(23)13-2-4-15(18)5-3-13;/h2-5,12,14,19H,6-11H2,1H3;1H. The highest BCUT2D eigenvalue weighted by Gasteiger charge is 2.33. The highest BCUT2D eigenvalue weighted by molar-refractivity contribution is 5.94. The van der Waals surface area contributed by atoms with Gasteiger partial charge in [0, 0.05) is 37.7 Å². The number of hydrogen-bond donors (Lipinski definition) is 1. The first-order chi connectivity index (χ1) is 11.1. The van der Waals surface area contributed by atoms with Gasteiger partial charge in [0.05, 0.1) is 0 Å². The monoisotopic (exact) mass is 355 g/mol. The maximum atomic E-state index is 12.9. The number of hydrogen-bond acceptors (Lipinski definition) is 3. The van der Waals surface area contributed by atoms with Crippen LogP contribution in [-0.4, -0.2) is 60.9 Å². The Morgan fingerprint density at radius 3 is 2.12 bits per heavy atom. The average molecular weight is 356 g/mol. The van der Waals surface area contributed by atoms with Gasteiger partial charge in [-0.05, 0) is 43.3 Å². The Labute approximate surface area is 147 Å². The van der Waals surface area contributed by atoms with Crippen LogP contribution < -0.4 is 5.32 Å². The molecular weight excluding hydrogens is 333 g/mol. The molecule has 2 aliphatic rings. The molecule has 1 N–H and O–H groups in total. The normalized spacial score (nSPS) is 19.2. The molecule has 2 saturated heterocycles. The molecule has 3 rings (SSSR count). The number of nitrogens with zero attached hydrogens (tertiary/aromatic N) is 2. The molecular formula is C17H23ClFN3O2. The molecule has 0 radical (unpaired) electrons. The van der Waals surface area contributed by atoms with Crippen LogP contribution in [0, 0.1) is 17.7 Å². The Morgan fingerprint density at radius 1 is 1.08 bits per heavy atom. The fraction of sp³-hybridized carbons (Fsp3) is 0.529. The number of nitrogens with one attached hydrogen (secondary N) is 1. The van der Waals surface area contributed by atoms with E-state index in [4.69, 9.17) is 0 Å². The van der Waals surface area contributed by atoms with E-state index in [1.54, 1.807) is 4.90 Å². The Balaban J connectivity index is 0.00000208. The molecule has 0 aliphatic carbocycles. The van der Waals surface area contributed by atoms with Crippen molar-refractivity contribution < 1.29 is 14.0 Å². The zero-order valence-corrected chi connectivity index (χ0v) is 14.5. The topological polar surface area (TPSA) is 52.7 Å². The van der Waals surface area contributed by atoms with E-state index in [0.717, 1.165) is 13.1 Å². The lowest BCUT2D eigenvalue weighted by molar-refractivity contribution is -0.138. The van der Waals surface area contributed by atoms with Gasteiger partial charge in [-0.15, -0.1) is 12.4 Å². The molecule has 1 unspecified atom stereocenters.